The van der Waals surface area contributed by atoms with Crippen LogP contribution in [0.25, 0.3) is 0 Å². The van der Waals surface area contributed by atoms with Crippen LogP contribution in [-0.4, -0.2) is 17.6 Å². The molecule has 1 rings (SSSR count). The van der Waals surface area contributed by atoms with Crippen molar-refractivity contribution in [2.45, 2.75) is 0 Å². The minimum atomic E-state index is -1.54. The van der Waals surface area contributed by atoms with Crippen molar-refractivity contribution in [3.8, 4) is 0 Å². The van der Waals surface area contributed by atoms with E-state index in [2.05, 4.69) is 10.5 Å². The molecule has 1 aromatic carbocycles. The predicted octanol–water partition coefficient (Wildman–Crippen LogP) is 1.26. The highest BCUT2D eigenvalue weighted by atomic mass is 19.2. The van der Waals surface area contributed by atoms with Crippen LogP contribution in [0, 0.1) is 17.5 Å². The third-order valence-corrected chi connectivity index (χ3v) is 1.59. The lowest BCUT2D eigenvalue weighted by Crippen LogP contribution is -2.22. The Morgan fingerprint density at radius 1 is 1.33 bits per heavy atom. The molecule has 0 saturated carbocycles. The fraction of sp³-hybridized carbons (Fsp3) is 0.125. The molecule has 0 aliphatic carbocycles. The average Bonchev–Trinajstić information content (AvgIpc) is 2.22. The van der Waals surface area contributed by atoms with Crippen molar-refractivity contribution in [3.05, 3.63) is 29.6 Å². The second-order valence-corrected chi connectivity index (χ2v) is 2.70. The molecular formula is C8H8F3N3O. The van der Waals surface area contributed by atoms with Gasteiger partial charge in [0.05, 0.1) is 6.54 Å². The molecule has 0 bridgehead atoms. The van der Waals surface area contributed by atoms with Crippen LogP contribution in [0.1, 0.15) is 0 Å². The van der Waals surface area contributed by atoms with Crippen LogP contribution in [0.3, 0.4) is 0 Å². The van der Waals surface area contributed by atoms with Gasteiger partial charge in [-0.25, -0.2) is 13.2 Å². The maximum Gasteiger partial charge on any atom is 0.194 e. The maximum absolute atomic E-state index is 12.7. The van der Waals surface area contributed by atoms with E-state index in [0.29, 0.717) is 0 Å². The van der Waals surface area contributed by atoms with Crippen LogP contribution in [0.2, 0.25) is 0 Å². The van der Waals surface area contributed by atoms with Crippen LogP contribution in [0.5, 0.6) is 0 Å². The van der Waals surface area contributed by atoms with Crippen LogP contribution < -0.4 is 11.1 Å². The van der Waals surface area contributed by atoms with E-state index in [1.165, 1.54) is 0 Å². The molecule has 0 aromatic heterocycles. The fourth-order valence-corrected chi connectivity index (χ4v) is 0.886. The number of halogens is 3. The van der Waals surface area contributed by atoms with Crippen LogP contribution in [0.15, 0.2) is 17.3 Å². The van der Waals surface area contributed by atoms with Crippen molar-refractivity contribution < 1.29 is 18.4 Å². The van der Waals surface area contributed by atoms with E-state index >= 15 is 0 Å². The predicted molar refractivity (Wildman–Crippen MR) is 48.2 cm³/mol. The molecule has 4 N–H and O–H groups in total. The Bertz CT molecular complexity index is 372. The highest BCUT2D eigenvalue weighted by Crippen LogP contribution is 2.16. The van der Waals surface area contributed by atoms with Crippen LogP contribution >= 0.6 is 0 Å². The SMILES string of the molecule is NC(CNc1cc(F)c(F)c(F)c1)=NO. The number of amidine groups is 1. The zero-order valence-corrected chi connectivity index (χ0v) is 7.47. The van der Waals surface area contributed by atoms with Crippen molar-refractivity contribution in [1.29, 1.82) is 0 Å². The molecule has 1 aromatic rings. The molecule has 0 heterocycles. The molecule has 0 spiro atoms. The van der Waals surface area contributed by atoms with Gasteiger partial charge < -0.3 is 16.3 Å². The molecule has 0 amide bonds. The van der Waals surface area contributed by atoms with Gasteiger partial charge >= 0.3 is 0 Å². The Labute approximate surface area is 83.2 Å². The first-order valence-electron chi connectivity index (χ1n) is 3.89. The van der Waals surface area contributed by atoms with E-state index in [1.807, 2.05) is 0 Å². The molecule has 15 heavy (non-hydrogen) atoms. The molecule has 0 radical (unpaired) electrons. The second-order valence-electron chi connectivity index (χ2n) is 2.70. The molecule has 0 aliphatic rings. The smallest absolute Gasteiger partial charge is 0.194 e. The third-order valence-electron chi connectivity index (χ3n) is 1.59. The number of benzene rings is 1. The average molecular weight is 219 g/mol. The molecular weight excluding hydrogens is 211 g/mol. The van der Waals surface area contributed by atoms with Gasteiger partial charge in [0.1, 0.15) is 0 Å². The summed E-state index contributed by atoms with van der Waals surface area (Å²) < 4.78 is 37.9. The number of hydrogen-bond donors (Lipinski definition) is 3. The van der Waals surface area contributed by atoms with Gasteiger partial charge in [-0.1, -0.05) is 5.16 Å². The monoisotopic (exact) mass is 219 g/mol. The first-order chi connectivity index (χ1) is 7.04. The van der Waals surface area contributed by atoms with Gasteiger partial charge in [0, 0.05) is 17.8 Å². The summed E-state index contributed by atoms with van der Waals surface area (Å²) in [4.78, 5) is 0. The van der Waals surface area contributed by atoms with Gasteiger partial charge in [0.15, 0.2) is 23.3 Å². The first-order valence-corrected chi connectivity index (χ1v) is 3.89. The zero-order chi connectivity index (χ0) is 11.4. The van der Waals surface area contributed by atoms with E-state index in [9.17, 15) is 13.2 Å². The van der Waals surface area contributed by atoms with Gasteiger partial charge in [-0.15, -0.1) is 0 Å². The molecule has 82 valence electrons. The summed E-state index contributed by atoms with van der Waals surface area (Å²) in [6.45, 7) is -0.110. The Hall–Kier alpha value is -1.92. The molecule has 4 nitrogen and oxygen atoms in total. The fourth-order valence-electron chi connectivity index (χ4n) is 0.886. The minimum absolute atomic E-state index is 0.00185. The van der Waals surface area contributed by atoms with Crippen molar-refractivity contribution in [1.82, 2.24) is 0 Å². The number of rotatable bonds is 3. The topological polar surface area (TPSA) is 70.6 Å². The van der Waals surface area contributed by atoms with Crippen LogP contribution in [-0.2, 0) is 0 Å². The minimum Gasteiger partial charge on any atom is -0.409 e. The van der Waals surface area contributed by atoms with E-state index in [-0.39, 0.29) is 18.1 Å². The Morgan fingerprint density at radius 3 is 2.33 bits per heavy atom. The van der Waals surface area contributed by atoms with E-state index in [4.69, 9.17) is 10.9 Å². The number of hydrogen-bond acceptors (Lipinski definition) is 3. The lowest BCUT2D eigenvalue weighted by Gasteiger charge is -2.05. The number of nitrogens with one attached hydrogen (secondary N) is 1. The Balaban J connectivity index is 2.79. The molecule has 0 saturated heterocycles. The van der Waals surface area contributed by atoms with Gasteiger partial charge in [0.2, 0.25) is 0 Å². The van der Waals surface area contributed by atoms with Gasteiger partial charge in [-0.3, -0.25) is 0 Å². The van der Waals surface area contributed by atoms with E-state index in [1.54, 1.807) is 0 Å². The standard InChI is InChI=1S/C8H8F3N3O/c9-5-1-4(2-6(10)8(5)11)13-3-7(12)14-15/h1-2,13,15H,3H2,(H2,12,14). The summed E-state index contributed by atoms with van der Waals surface area (Å²) in [7, 11) is 0. The third kappa shape index (κ3) is 2.76. The normalized spacial score (nSPS) is 11.5. The van der Waals surface area contributed by atoms with Gasteiger partial charge in [0.25, 0.3) is 0 Å². The summed E-state index contributed by atoms with van der Waals surface area (Å²) in [5, 5.41) is 13.3. The summed E-state index contributed by atoms with van der Waals surface area (Å²) >= 11 is 0. The molecule has 0 aliphatic heterocycles. The molecule has 7 heteroatoms. The van der Waals surface area contributed by atoms with Crippen LogP contribution in [0.4, 0.5) is 18.9 Å². The van der Waals surface area contributed by atoms with Crippen molar-refractivity contribution in [2.24, 2.45) is 10.9 Å². The summed E-state index contributed by atoms with van der Waals surface area (Å²) in [5.41, 5.74) is 5.10. The summed E-state index contributed by atoms with van der Waals surface area (Å²) in [6.07, 6.45) is 0. The first kappa shape index (κ1) is 11.2. The second kappa shape index (κ2) is 4.54. The highest BCUT2D eigenvalue weighted by Gasteiger charge is 2.10. The van der Waals surface area contributed by atoms with Crippen molar-refractivity contribution in [2.75, 3.05) is 11.9 Å². The molecule has 0 fully saturated rings. The number of nitrogens with two attached hydrogens (primary N) is 1. The quantitative estimate of drug-likeness (QED) is 0.235. The number of nitrogens with zero attached hydrogens (tertiary/aromatic N) is 1. The van der Waals surface area contributed by atoms with Gasteiger partial charge in [-0.05, 0) is 0 Å². The lowest BCUT2D eigenvalue weighted by molar-refractivity contribution is 0.317. The van der Waals surface area contributed by atoms with Crippen molar-refractivity contribution in [3.63, 3.8) is 0 Å². The van der Waals surface area contributed by atoms with Gasteiger partial charge in [-0.2, -0.15) is 0 Å². The molecule has 0 unspecified atom stereocenters. The Morgan fingerprint density at radius 2 is 1.87 bits per heavy atom. The van der Waals surface area contributed by atoms with E-state index in [0.717, 1.165) is 12.1 Å². The zero-order valence-electron chi connectivity index (χ0n) is 7.47. The maximum atomic E-state index is 12.7. The summed E-state index contributed by atoms with van der Waals surface area (Å²) in [6, 6.07) is 1.53. The van der Waals surface area contributed by atoms with Crippen molar-refractivity contribution >= 4 is 11.5 Å². The molecule has 0 atom stereocenters. The number of anilines is 1. The largest absolute Gasteiger partial charge is 0.409 e. The lowest BCUT2D eigenvalue weighted by atomic mass is 10.3. The highest BCUT2D eigenvalue weighted by molar-refractivity contribution is 5.83. The Kier molecular flexibility index (Phi) is 3.37. The summed E-state index contributed by atoms with van der Waals surface area (Å²) in [5.74, 6) is -4.32. The van der Waals surface area contributed by atoms with E-state index < -0.39 is 17.5 Å². The number of oxime groups is 1.